The van der Waals surface area contributed by atoms with Crippen LogP contribution in [0.1, 0.15) is 0 Å². The monoisotopic (exact) mass is 235 g/mol. The summed E-state index contributed by atoms with van der Waals surface area (Å²) in [7, 11) is 0. The average molecular weight is 236 g/mol. The van der Waals surface area contributed by atoms with Crippen molar-refractivity contribution in [3.63, 3.8) is 0 Å². The van der Waals surface area contributed by atoms with Crippen LogP contribution in [0, 0.1) is 0 Å². The maximum Gasteiger partial charge on any atom is 0.237 e. The van der Waals surface area contributed by atoms with Gasteiger partial charge in [-0.05, 0) is 12.1 Å². The van der Waals surface area contributed by atoms with Gasteiger partial charge in [0.05, 0.1) is 12.0 Å². The summed E-state index contributed by atoms with van der Waals surface area (Å²) >= 11 is 5.79. The number of benzene rings is 1. The fourth-order valence-electron chi connectivity index (χ4n) is 1.40. The molecular formula is C11H10ClN3O. The number of imidazole rings is 1. The molecule has 16 heavy (non-hydrogen) atoms. The summed E-state index contributed by atoms with van der Waals surface area (Å²) < 4.78 is 1.65. The first-order chi connectivity index (χ1) is 7.65. The van der Waals surface area contributed by atoms with Gasteiger partial charge in [0.25, 0.3) is 0 Å². The van der Waals surface area contributed by atoms with Crippen molar-refractivity contribution in [2.75, 3.05) is 0 Å². The first-order valence-corrected chi connectivity index (χ1v) is 5.09. The van der Waals surface area contributed by atoms with E-state index in [1.165, 1.54) is 0 Å². The summed E-state index contributed by atoms with van der Waals surface area (Å²) in [6, 6.07) is 7.34. The predicted octanol–water partition coefficient (Wildman–Crippen LogP) is 1.69. The van der Waals surface area contributed by atoms with Gasteiger partial charge in [-0.2, -0.15) is 0 Å². The molecule has 5 heteroatoms. The fourth-order valence-corrected chi connectivity index (χ4v) is 1.52. The van der Waals surface area contributed by atoms with E-state index in [0.717, 1.165) is 11.3 Å². The van der Waals surface area contributed by atoms with Crippen LogP contribution in [0.2, 0.25) is 5.02 Å². The van der Waals surface area contributed by atoms with E-state index in [-0.39, 0.29) is 12.5 Å². The Kier molecular flexibility index (Phi) is 2.92. The van der Waals surface area contributed by atoms with Gasteiger partial charge in [-0.1, -0.05) is 23.7 Å². The molecule has 2 rings (SSSR count). The highest BCUT2D eigenvalue weighted by atomic mass is 35.5. The summed E-state index contributed by atoms with van der Waals surface area (Å²) in [5.41, 5.74) is 6.83. The number of hydrogen-bond donors (Lipinski definition) is 1. The Labute approximate surface area is 97.7 Å². The van der Waals surface area contributed by atoms with E-state index in [2.05, 4.69) is 4.98 Å². The molecule has 2 aromatic rings. The molecule has 0 aliphatic carbocycles. The number of carbonyl (C=O) groups excluding carboxylic acids is 1. The smallest absolute Gasteiger partial charge is 0.237 e. The molecule has 2 N–H and O–H groups in total. The largest absolute Gasteiger partial charge is 0.368 e. The number of halogens is 1. The second-order valence-corrected chi connectivity index (χ2v) is 3.84. The molecule has 0 aliphatic rings. The number of nitrogens with zero attached hydrogens (tertiary/aromatic N) is 2. The lowest BCUT2D eigenvalue weighted by Crippen LogP contribution is -2.17. The molecule has 82 valence electrons. The topological polar surface area (TPSA) is 60.9 Å². The molecule has 1 aromatic carbocycles. The molecule has 0 radical (unpaired) electrons. The standard InChI is InChI=1S/C11H10ClN3O/c12-9-3-1-8(2-4-9)10-5-15(7-14-10)6-11(13)16/h1-5,7H,6H2,(H2,13,16). The summed E-state index contributed by atoms with van der Waals surface area (Å²) in [6.07, 6.45) is 3.35. The van der Waals surface area contributed by atoms with E-state index >= 15 is 0 Å². The minimum atomic E-state index is -0.389. The van der Waals surface area contributed by atoms with Gasteiger partial charge in [-0.3, -0.25) is 4.79 Å². The zero-order chi connectivity index (χ0) is 11.5. The highest BCUT2D eigenvalue weighted by molar-refractivity contribution is 6.30. The van der Waals surface area contributed by atoms with Crippen LogP contribution in [0.4, 0.5) is 0 Å². The first kappa shape index (κ1) is 10.7. The third kappa shape index (κ3) is 2.41. The van der Waals surface area contributed by atoms with Crippen molar-refractivity contribution < 1.29 is 4.79 Å². The highest BCUT2D eigenvalue weighted by Crippen LogP contribution is 2.19. The van der Waals surface area contributed by atoms with Crippen LogP contribution in [-0.4, -0.2) is 15.5 Å². The highest BCUT2D eigenvalue weighted by Gasteiger charge is 2.03. The van der Waals surface area contributed by atoms with E-state index in [1.54, 1.807) is 29.2 Å². The van der Waals surface area contributed by atoms with Crippen LogP contribution < -0.4 is 5.73 Å². The van der Waals surface area contributed by atoms with Crippen LogP contribution in [0.3, 0.4) is 0 Å². The van der Waals surface area contributed by atoms with E-state index in [9.17, 15) is 4.79 Å². The number of aromatic nitrogens is 2. The van der Waals surface area contributed by atoms with Gasteiger partial charge in [-0.15, -0.1) is 0 Å². The lowest BCUT2D eigenvalue weighted by Gasteiger charge is -1.97. The number of carbonyl (C=O) groups is 1. The van der Waals surface area contributed by atoms with Crippen LogP contribution in [0.5, 0.6) is 0 Å². The number of hydrogen-bond acceptors (Lipinski definition) is 2. The Balaban J connectivity index is 2.24. The summed E-state index contributed by atoms with van der Waals surface area (Å²) in [6.45, 7) is 0.139. The zero-order valence-electron chi connectivity index (χ0n) is 8.43. The zero-order valence-corrected chi connectivity index (χ0v) is 9.19. The van der Waals surface area contributed by atoms with Crippen molar-refractivity contribution in [1.82, 2.24) is 9.55 Å². The van der Waals surface area contributed by atoms with E-state index in [4.69, 9.17) is 17.3 Å². The van der Waals surface area contributed by atoms with Gasteiger partial charge in [0.1, 0.15) is 6.54 Å². The first-order valence-electron chi connectivity index (χ1n) is 4.71. The molecule has 0 bridgehead atoms. The van der Waals surface area contributed by atoms with Crippen LogP contribution >= 0.6 is 11.6 Å². The van der Waals surface area contributed by atoms with Crippen LogP contribution in [-0.2, 0) is 11.3 Å². The molecule has 1 amide bonds. The van der Waals surface area contributed by atoms with Crippen molar-refractivity contribution in [3.8, 4) is 11.3 Å². The Morgan fingerprint density at radius 2 is 2.06 bits per heavy atom. The van der Waals surface area contributed by atoms with Gasteiger partial charge in [0, 0.05) is 16.8 Å². The van der Waals surface area contributed by atoms with Crippen molar-refractivity contribution in [2.24, 2.45) is 5.73 Å². The number of nitrogens with two attached hydrogens (primary N) is 1. The van der Waals surface area contributed by atoms with E-state index in [0.29, 0.717) is 5.02 Å². The second kappa shape index (κ2) is 4.37. The molecule has 1 aromatic heterocycles. The Morgan fingerprint density at radius 3 is 2.69 bits per heavy atom. The Bertz CT molecular complexity index is 504. The second-order valence-electron chi connectivity index (χ2n) is 3.40. The molecule has 0 aliphatic heterocycles. The third-order valence-corrected chi connectivity index (χ3v) is 2.36. The summed E-state index contributed by atoms with van der Waals surface area (Å²) in [5, 5.41) is 0.681. The summed E-state index contributed by atoms with van der Waals surface area (Å²) in [4.78, 5) is 14.9. The summed E-state index contributed by atoms with van der Waals surface area (Å²) in [5.74, 6) is -0.389. The van der Waals surface area contributed by atoms with E-state index in [1.807, 2.05) is 12.1 Å². The molecular weight excluding hydrogens is 226 g/mol. The van der Waals surface area contributed by atoms with Crippen molar-refractivity contribution in [3.05, 3.63) is 41.8 Å². The van der Waals surface area contributed by atoms with Gasteiger partial charge in [-0.25, -0.2) is 4.98 Å². The lowest BCUT2D eigenvalue weighted by molar-refractivity contribution is -0.118. The minimum Gasteiger partial charge on any atom is -0.368 e. The van der Waals surface area contributed by atoms with Crippen LogP contribution in [0.25, 0.3) is 11.3 Å². The predicted molar refractivity (Wildman–Crippen MR) is 61.9 cm³/mol. The maximum absolute atomic E-state index is 10.7. The Hall–Kier alpha value is -1.81. The average Bonchev–Trinajstić information content (AvgIpc) is 2.66. The quantitative estimate of drug-likeness (QED) is 0.880. The SMILES string of the molecule is NC(=O)Cn1cnc(-c2ccc(Cl)cc2)c1. The minimum absolute atomic E-state index is 0.139. The fraction of sp³-hybridized carbons (Fsp3) is 0.0909. The normalized spacial score (nSPS) is 10.3. The number of amides is 1. The molecule has 4 nitrogen and oxygen atoms in total. The molecule has 1 heterocycles. The molecule has 0 unspecified atom stereocenters. The Morgan fingerprint density at radius 1 is 1.38 bits per heavy atom. The van der Waals surface area contributed by atoms with Gasteiger partial charge >= 0.3 is 0 Å². The number of rotatable bonds is 3. The van der Waals surface area contributed by atoms with E-state index < -0.39 is 0 Å². The van der Waals surface area contributed by atoms with Gasteiger partial charge in [0.2, 0.25) is 5.91 Å². The molecule has 0 spiro atoms. The molecule has 0 saturated heterocycles. The van der Waals surface area contributed by atoms with Crippen molar-refractivity contribution in [2.45, 2.75) is 6.54 Å². The van der Waals surface area contributed by atoms with Crippen molar-refractivity contribution in [1.29, 1.82) is 0 Å². The van der Waals surface area contributed by atoms with Crippen molar-refractivity contribution >= 4 is 17.5 Å². The van der Waals surface area contributed by atoms with Gasteiger partial charge < -0.3 is 10.3 Å². The molecule has 0 saturated carbocycles. The molecule has 0 fully saturated rings. The maximum atomic E-state index is 10.7. The third-order valence-electron chi connectivity index (χ3n) is 2.11. The lowest BCUT2D eigenvalue weighted by atomic mass is 10.2. The molecule has 0 atom stereocenters. The van der Waals surface area contributed by atoms with Crippen LogP contribution in [0.15, 0.2) is 36.8 Å². The number of primary amides is 1. The van der Waals surface area contributed by atoms with Gasteiger partial charge in [0.15, 0.2) is 0 Å².